The van der Waals surface area contributed by atoms with Crippen molar-refractivity contribution >= 4 is 41.1 Å². The number of ether oxygens (including phenoxy) is 1. The SMILES string of the molecule is COC(=O)c1cn([C@H]2C[C@@H](C(=O)Nc3cccc(SC)c3)N(Cc3ccc(SC)cc3)C2)nn1. The Morgan fingerprint density at radius 2 is 1.88 bits per heavy atom. The van der Waals surface area contributed by atoms with E-state index < -0.39 is 5.97 Å². The van der Waals surface area contributed by atoms with Crippen molar-refractivity contribution in [3.8, 4) is 0 Å². The first-order chi connectivity index (χ1) is 16.5. The van der Waals surface area contributed by atoms with Crippen molar-refractivity contribution in [2.75, 3.05) is 31.5 Å². The molecule has 1 amide bonds. The standard InChI is InChI=1S/C24H27N5O3S2/c1-32-24(31)21-15-29(27-26-21)18-12-22(23(30)25-17-5-4-6-20(11-17)34-3)28(14-18)13-16-7-9-19(33-2)10-8-16/h4-11,15,18,22H,12-14H2,1-3H3,(H,25,30)/t18-,22-/m0/s1. The number of amides is 1. The van der Waals surface area contributed by atoms with Gasteiger partial charge < -0.3 is 10.1 Å². The Labute approximate surface area is 207 Å². The van der Waals surface area contributed by atoms with Gasteiger partial charge in [-0.25, -0.2) is 9.48 Å². The van der Waals surface area contributed by atoms with Crippen LogP contribution in [0.5, 0.6) is 0 Å². The first-order valence-corrected chi connectivity index (χ1v) is 13.3. The molecule has 3 aromatic rings. The van der Waals surface area contributed by atoms with Gasteiger partial charge in [-0.2, -0.15) is 0 Å². The highest BCUT2D eigenvalue weighted by Crippen LogP contribution is 2.30. The van der Waals surface area contributed by atoms with E-state index in [9.17, 15) is 9.59 Å². The Morgan fingerprint density at radius 3 is 2.59 bits per heavy atom. The average molecular weight is 498 g/mol. The van der Waals surface area contributed by atoms with Crippen LogP contribution in [-0.4, -0.2) is 64.0 Å². The molecule has 0 spiro atoms. The molecular formula is C24H27N5O3S2. The Hall–Kier alpha value is -2.82. The van der Waals surface area contributed by atoms with Gasteiger partial charge in [-0.3, -0.25) is 9.69 Å². The van der Waals surface area contributed by atoms with Gasteiger partial charge in [0.1, 0.15) is 0 Å². The Balaban J connectivity index is 1.55. The third kappa shape index (κ3) is 5.63. The van der Waals surface area contributed by atoms with Crippen molar-refractivity contribution in [1.29, 1.82) is 0 Å². The molecule has 0 bridgehead atoms. The molecule has 178 valence electrons. The number of thioether (sulfide) groups is 2. The number of hydrogen-bond donors (Lipinski definition) is 1. The van der Waals surface area contributed by atoms with Crippen molar-refractivity contribution in [1.82, 2.24) is 19.9 Å². The maximum absolute atomic E-state index is 13.4. The van der Waals surface area contributed by atoms with Crippen LogP contribution < -0.4 is 5.32 Å². The van der Waals surface area contributed by atoms with E-state index in [0.717, 1.165) is 16.1 Å². The summed E-state index contributed by atoms with van der Waals surface area (Å²) < 4.78 is 6.41. The van der Waals surface area contributed by atoms with Crippen LogP contribution in [0, 0.1) is 0 Å². The molecular weight excluding hydrogens is 470 g/mol. The highest BCUT2D eigenvalue weighted by atomic mass is 32.2. The maximum Gasteiger partial charge on any atom is 0.360 e. The Morgan fingerprint density at radius 1 is 1.12 bits per heavy atom. The zero-order valence-corrected chi connectivity index (χ0v) is 20.9. The molecule has 0 unspecified atom stereocenters. The number of anilines is 1. The van der Waals surface area contributed by atoms with E-state index in [1.54, 1.807) is 34.4 Å². The maximum atomic E-state index is 13.4. The molecule has 0 aliphatic carbocycles. The van der Waals surface area contributed by atoms with Crippen LogP contribution in [-0.2, 0) is 16.1 Å². The number of carbonyl (C=O) groups is 2. The second kappa shape index (κ2) is 11.1. The van der Waals surface area contributed by atoms with Gasteiger partial charge in [0.25, 0.3) is 0 Å². The molecule has 34 heavy (non-hydrogen) atoms. The molecule has 1 aromatic heterocycles. The molecule has 1 fully saturated rings. The van der Waals surface area contributed by atoms with E-state index in [-0.39, 0.29) is 23.7 Å². The predicted molar refractivity (Wildman–Crippen MR) is 134 cm³/mol. The van der Waals surface area contributed by atoms with E-state index in [1.807, 2.05) is 36.8 Å². The van der Waals surface area contributed by atoms with Gasteiger partial charge in [0, 0.05) is 28.6 Å². The Kier molecular flexibility index (Phi) is 7.91. The van der Waals surface area contributed by atoms with E-state index in [4.69, 9.17) is 4.74 Å². The number of benzene rings is 2. The molecule has 1 N–H and O–H groups in total. The molecule has 8 nitrogen and oxygen atoms in total. The lowest BCUT2D eigenvalue weighted by Gasteiger charge is -2.23. The summed E-state index contributed by atoms with van der Waals surface area (Å²) in [5.74, 6) is -0.590. The number of nitrogens with zero attached hydrogens (tertiary/aromatic N) is 4. The topological polar surface area (TPSA) is 89.4 Å². The van der Waals surface area contributed by atoms with Gasteiger partial charge in [-0.15, -0.1) is 28.6 Å². The third-order valence-electron chi connectivity index (χ3n) is 5.84. The molecule has 2 heterocycles. The summed E-state index contributed by atoms with van der Waals surface area (Å²) in [7, 11) is 1.31. The molecule has 2 atom stereocenters. The van der Waals surface area contributed by atoms with Gasteiger partial charge >= 0.3 is 5.97 Å². The fraction of sp³-hybridized carbons (Fsp3) is 0.333. The second-order valence-corrected chi connectivity index (χ2v) is 9.74. The number of methoxy groups -OCH3 is 1. The number of likely N-dealkylation sites (tertiary alicyclic amines) is 1. The lowest BCUT2D eigenvalue weighted by molar-refractivity contribution is -0.120. The predicted octanol–water partition coefficient (Wildman–Crippen LogP) is 3.96. The largest absolute Gasteiger partial charge is 0.464 e. The monoisotopic (exact) mass is 497 g/mol. The third-order valence-corrected chi connectivity index (χ3v) is 7.31. The van der Waals surface area contributed by atoms with Crippen LogP contribution in [0.25, 0.3) is 0 Å². The lowest BCUT2D eigenvalue weighted by Crippen LogP contribution is -2.39. The molecule has 1 saturated heterocycles. The fourth-order valence-electron chi connectivity index (χ4n) is 4.06. The molecule has 1 aliphatic heterocycles. The first-order valence-electron chi connectivity index (χ1n) is 10.8. The summed E-state index contributed by atoms with van der Waals surface area (Å²) in [5.41, 5.74) is 2.07. The zero-order chi connectivity index (χ0) is 24.1. The van der Waals surface area contributed by atoms with Crippen LogP contribution in [0.3, 0.4) is 0 Å². The summed E-state index contributed by atoms with van der Waals surface area (Å²) in [4.78, 5) is 29.6. The minimum atomic E-state index is -0.530. The molecule has 1 aliphatic rings. The van der Waals surface area contributed by atoms with Crippen LogP contribution in [0.2, 0.25) is 0 Å². The fourth-order valence-corrected chi connectivity index (χ4v) is 4.93. The quantitative estimate of drug-likeness (QED) is 0.370. The van der Waals surface area contributed by atoms with Crippen molar-refractivity contribution < 1.29 is 14.3 Å². The van der Waals surface area contributed by atoms with E-state index in [2.05, 4.69) is 44.8 Å². The van der Waals surface area contributed by atoms with Crippen LogP contribution in [0.15, 0.2) is 64.5 Å². The van der Waals surface area contributed by atoms with Crippen molar-refractivity contribution in [2.45, 2.75) is 34.8 Å². The molecule has 0 saturated carbocycles. The number of hydrogen-bond acceptors (Lipinski definition) is 8. The summed E-state index contributed by atoms with van der Waals surface area (Å²) in [5, 5.41) is 11.1. The lowest BCUT2D eigenvalue weighted by atomic mass is 10.1. The molecule has 0 radical (unpaired) electrons. The number of carbonyl (C=O) groups excluding carboxylic acids is 2. The van der Waals surface area contributed by atoms with Crippen LogP contribution in [0.1, 0.15) is 28.5 Å². The summed E-state index contributed by atoms with van der Waals surface area (Å²) in [6, 6.07) is 15.8. The summed E-state index contributed by atoms with van der Waals surface area (Å²) in [6.07, 6.45) is 6.20. The van der Waals surface area contributed by atoms with Gasteiger partial charge in [0.05, 0.1) is 25.4 Å². The number of nitrogens with one attached hydrogen (secondary N) is 1. The first kappa shape index (κ1) is 24.3. The number of rotatable bonds is 8. The van der Waals surface area contributed by atoms with Crippen molar-refractivity contribution in [2.24, 2.45) is 0 Å². The minimum Gasteiger partial charge on any atom is -0.464 e. The number of aromatic nitrogens is 3. The van der Waals surface area contributed by atoms with Gasteiger partial charge in [0.2, 0.25) is 5.91 Å². The molecule has 10 heteroatoms. The average Bonchev–Trinajstić information content (AvgIpc) is 3.52. The number of esters is 1. The molecule has 2 aromatic carbocycles. The van der Waals surface area contributed by atoms with Crippen molar-refractivity contribution in [3.05, 3.63) is 66.0 Å². The van der Waals surface area contributed by atoms with E-state index in [1.165, 1.54) is 12.0 Å². The summed E-state index contributed by atoms with van der Waals surface area (Å²) >= 11 is 3.33. The Bertz CT molecular complexity index is 1150. The van der Waals surface area contributed by atoms with Crippen LogP contribution in [0.4, 0.5) is 5.69 Å². The second-order valence-electron chi connectivity index (χ2n) is 7.98. The van der Waals surface area contributed by atoms with Gasteiger partial charge in [-0.05, 0) is 54.8 Å². The highest BCUT2D eigenvalue weighted by molar-refractivity contribution is 7.98. The van der Waals surface area contributed by atoms with Crippen molar-refractivity contribution in [3.63, 3.8) is 0 Å². The molecule has 4 rings (SSSR count). The smallest absolute Gasteiger partial charge is 0.360 e. The zero-order valence-electron chi connectivity index (χ0n) is 19.3. The van der Waals surface area contributed by atoms with Gasteiger partial charge in [0.15, 0.2) is 5.69 Å². The van der Waals surface area contributed by atoms with E-state index in [0.29, 0.717) is 19.5 Å². The van der Waals surface area contributed by atoms with Crippen LogP contribution >= 0.6 is 23.5 Å². The normalized spacial score (nSPS) is 18.1. The summed E-state index contributed by atoms with van der Waals surface area (Å²) in [6.45, 7) is 1.24. The van der Waals surface area contributed by atoms with Gasteiger partial charge in [-0.1, -0.05) is 23.4 Å². The van der Waals surface area contributed by atoms with E-state index >= 15 is 0 Å². The highest BCUT2D eigenvalue weighted by Gasteiger charge is 2.38. The minimum absolute atomic E-state index is 0.0604.